The molecule has 1 unspecified atom stereocenters. The van der Waals surface area contributed by atoms with Gasteiger partial charge < -0.3 is 10.1 Å². The second-order valence-corrected chi connectivity index (χ2v) is 6.54. The highest BCUT2D eigenvalue weighted by molar-refractivity contribution is 5.84. The Morgan fingerprint density at radius 2 is 1.75 bits per heavy atom. The molecule has 0 aliphatic carbocycles. The molecule has 1 saturated heterocycles. The number of rotatable bonds is 5. The number of hydrogen-bond acceptors (Lipinski definition) is 2. The van der Waals surface area contributed by atoms with Gasteiger partial charge in [-0.1, -0.05) is 60.2 Å². The van der Waals surface area contributed by atoms with Crippen LogP contribution in [0.5, 0.6) is 0 Å². The molecule has 1 heterocycles. The van der Waals surface area contributed by atoms with Crippen LogP contribution in [-0.2, 0) is 16.1 Å². The summed E-state index contributed by atoms with van der Waals surface area (Å²) in [6.07, 6.45) is 1.88. The molecule has 0 aromatic heterocycles. The van der Waals surface area contributed by atoms with Crippen LogP contribution in [-0.4, -0.2) is 19.1 Å². The van der Waals surface area contributed by atoms with Crippen molar-refractivity contribution in [2.24, 2.45) is 5.92 Å². The van der Waals surface area contributed by atoms with Crippen LogP contribution >= 0.6 is 0 Å². The first kappa shape index (κ1) is 16.7. The lowest BCUT2D eigenvalue weighted by molar-refractivity contribution is -0.124. The number of aryl methyl sites for hydroxylation is 1. The van der Waals surface area contributed by atoms with Crippen molar-refractivity contribution in [3.63, 3.8) is 0 Å². The first-order valence-corrected chi connectivity index (χ1v) is 8.70. The van der Waals surface area contributed by atoms with Gasteiger partial charge in [-0.25, -0.2) is 0 Å². The summed E-state index contributed by atoms with van der Waals surface area (Å²) in [5.41, 5.74) is 3.45. The molecule has 0 radical (unpaired) electrons. The van der Waals surface area contributed by atoms with Gasteiger partial charge in [-0.2, -0.15) is 0 Å². The van der Waals surface area contributed by atoms with Crippen LogP contribution in [0.3, 0.4) is 0 Å². The van der Waals surface area contributed by atoms with Gasteiger partial charge in [-0.3, -0.25) is 4.79 Å². The van der Waals surface area contributed by atoms with Crippen LogP contribution in [0.1, 0.15) is 35.4 Å². The fraction of sp³-hybridized carbons (Fsp3) is 0.381. The molecule has 1 aliphatic rings. The van der Waals surface area contributed by atoms with E-state index in [0.29, 0.717) is 12.5 Å². The second kappa shape index (κ2) is 8.11. The number of carbonyl (C=O) groups is 1. The molecule has 24 heavy (non-hydrogen) atoms. The van der Waals surface area contributed by atoms with E-state index in [-0.39, 0.29) is 11.8 Å². The molecule has 0 bridgehead atoms. The summed E-state index contributed by atoms with van der Waals surface area (Å²) in [6, 6.07) is 18.4. The van der Waals surface area contributed by atoms with E-state index in [9.17, 15) is 4.79 Å². The average Bonchev–Trinajstić information content (AvgIpc) is 2.64. The predicted octanol–water partition coefficient (Wildman–Crippen LogP) is 3.82. The molecule has 1 amide bonds. The van der Waals surface area contributed by atoms with Crippen LogP contribution in [0.15, 0.2) is 54.6 Å². The van der Waals surface area contributed by atoms with Crippen molar-refractivity contribution in [3.8, 4) is 0 Å². The highest BCUT2D eigenvalue weighted by atomic mass is 16.5. The summed E-state index contributed by atoms with van der Waals surface area (Å²) < 4.78 is 5.48. The summed E-state index contributed by atoms with van der Waals surface area (Å²) in [7, 11) is 0. The SMILES string of the molecule is Cc1ccc(C(C(=O)NCc2ccccc2)C2CCOCC2)cc1. The Bertz CT molecular complexity index is 645. The Morgan fingerprint density at radius 1 is 1.08 bits per heavy atom. The maximum absolute atomic E-state index is 12.9. The maximum atomic E-state index is 12.9. The molecule has 1 aliphatic heterocycles. The third-order valence-corrected chi connectivity index (χ3v) is 4.77. The first-order valence-electron chi connectivity index (χ1n) is 8.70. The van der Waals surface area contributed by atoms with E-state index >= 15 is 0 Å². The summed E-state index contributed by atoms with van der Waals surface area (Å²) >= 11 is 0. The topological polar surface area (TPSA) is 38.3 Å². The molecule has 1 fully saturated rings. The minimum atomic E-state index is -0.0989. The Hall–Kier alpha value is -2.13. The molecule has 126 valence electrons. The lowest BCUT2D eigenvalue weighted by atomic mass is 9.80. The molecule has 3 nitrogen and oxygen atoms in total. The molecule has 1 N–H and O–H groups in total. The molecule has 0 saturated carbocycles. The standard InChI is InChI=1S/C21H25NO2/c1-16-7-9-18(10-8-16)20(19-11-13-24-14-12-19)21(23)22-15-17-5-3-2-4-6-17/h2-10,19-20H,11-15H2,1H3,(H,22,23). The molecule has 3 heteroatoms. The van der Waals surface area contributed by atoms with Crippen molar-refractivity contribution in [2.75, 3.05) is 13.2 Å². The largest absolute Gasteiger partial charge is 0.381 e. The number of carbonyl (C=O) groups excluding carboxylic acids is 1. The Balaban J connectivity index is 1.75. The van der Waals surface area contributed by atoms with Crippen LogP contribution in [0.25, 0.3) is 0 Å². The zero-order chi connectivity index (χ0) is 16.8. The van der Waals surface area contributed by atoms with E-state index in [0.717, 1.165) is 37.2 Å². The van der Waals surface area contributed by atoms with Gasteiger partial charge in [-0.05, 0) is 36.8 Å². The monoisotopic (exact) mass is 323 g/mol. The van der Waals surface area contributed by atoms with Gasteiger partial charge in [0, 0.05) is 19.8 Å². The predicted molar refractivity (Wildman–Crippen MR) is 95.8 cm³/mol. The minimum Gasteiger partial charge on any atom is -0.381 e. The van der Waals surface area contributed by atoms with Gasteiger partial charge in [0.15, 0.2) is 0 Å². The average molecular weight is 323 g/mol. The van der Waals surface area contributed by atoms with E-state index in [1.54, 1.807) is 0 Å². The Kier molecular flexibility index (Phi) is 5.65. The first-order chi connectivity index (χ1) is 11.7. The molecule has 3 rings (SSSR count). The smallest absolute Gasteiger partial charge is 0.228 e. The van der Waals surface area contributed by atoms with Gasteiger partial charge in [-0.15, -0.1) is 0 Å². The van der Waals surface area contributed by atoms with Crippen molar-refractivity contribution >= 4 is 5.91 Å². The fourth-order valence-electron chi connectivity index (χ4n) is 3.36. The zero-order valence-electron chi connectivity index (χ0n) is 14.2. The molecule has 2 aromatic carbocycles. The lowest BCUT2D eigenvalue weighted by Crippen LogP contribution is -2.35. The minimum absolute atomic E-state index is 0.0989. The third kappa shape index (κ3) is 4.24. The summed E-state index contributed by atoms with van der Waals surface area (Å²) in [4.78, 5) is 12.9. The molecular formula is C21H25NO2. The number of nitrogens with one attached hydrogen (secondary N) is 1. The fourth-order valence-corrected chi connectivity index (χ4v) is 3.36. The Labute approximate surface area is 144 Å². The van der Waals surface area contributed by atoms with Crippen molar-refractivity contribution in [1.82, 2.24) is 5.32 Å². The van der Waals surface area contributed by atoms with E-state index in [1.807, 2.05) is 30.3 Å². The zero-order valence-corrected chi connectivity index (χ0v) is 14.2. The van der Waals surface area contributed by atoms with Gasteiger partial charge in [0.2, 0.25) is 5.91 Å². The van der Waals surface area contributed by atoms with Gasteiger partial charge in [0.05, 0.1) is 5.92 Å². The molecular weight excluding hydrogens is 298 g/mol. The van der Waals surface area contributed by atoms with E-state index in [1.165, 1.54) is 5.56 Å². The van der Waals surface area contributed by atoms with Crippen molar-refractivity contribution in [2.45, 2.75) is 32.2 Å². The van der Waals surface area contributed by atoms with Crippen LogP contribution in [0.4, 0.5) is 0 Å². The number of hydrogen-bond donors (Lipinski definition) is 1. The molecule has 2 aromatic rings. The summed E-state index contributed by atoms with van der Waals surface area (Å²) in [5, 5.41) is 3.13. The normalized spacial score (nSPS) is 16.5. The number of amides is 1. The van der Waals surface area contributed by atoms with E-state index < -0.39 is 0 Å². The van der Waals surface area contributed by atoms with Crippen molar-refractivity contribution in [1.29, 1.82) is 0 Å². The highest BCUT2D eigenvalue weighted by Gasteiger charge is 2.31. The second-order valence-electron chi connectivity index (χ2n) is 6.54. The summed E-state index contributed by atoms with van der Waals surface area (Å²) in [6.45, 7) is 4.14. The van der Waals surface area contributed by atoms with E-state index in [2.05, 4.69) is 36.5 Å². The number of ether oxygens (including phenoxy) is 1. The van der Waals surface area contributed by atoms with E-state index in [4.69, 9.17) is 4.74 Å². The number of benzene rings is 2. The van der Waals surface area contributed by atoms with Crippen molar-refractivity contribution < 1.29 is 9.53 Å². The molecule has 0 spiro atoms. The Morgan fingerprint density at radius 3 is 2.42 bits per heavy atom. The van der Waals surface area contributed by atoms with Crippen molar-refractivity contribution in [3.05, 3.63) is 71.3 Å². The van der Waals surface area contributed by atoms with Gasteiger partial charge >= 0.3 is 0 Å². The van der Waals surface area contributed by atoms with Crippen LogP contribution in [0, 0.1) is 12.8 Å². The summed E-state index contributed by atoms with van der Waals surface area (Å²) in [5.74, 6) is 0.366. The maximum Gasteiger partial charge on any atom is 0.228 e. The third-order valence-electron chi connectivity index (χ3n) is 4.77. The van der Waals surface area contributed by atoms with Gasteiger partial charge in [0.1, 0.15) is 0 Å². The molecule has 1 atom stereocenters. The highest BCUT2D eigenvalue weighted by Crippen LogP contribution is 2.32. The quantitative estimate of drug-likeness (QED) is 0.908. The lowest BCUT2D eigenvalue weighted by Gasteiger charge is -2.30. The van der Waals surface area contributed by atoms with Crippen LogP contribution < -0.4 is 5.32 Å². The van der Waals surface area contributed by atoms with Gasteiger partial charge in [0.25, 0.3) is 0 Å². The van der Waals surface area contributed by atoms with Crippen LogP contribution in [0.2, 0.25) is 0 Å².